The van der Waals surface area contributed by atoms with Crippen molar-refractivity contribution in [3.63, 3.8) is 0 Å². The van der Waals surface area contributed by atoms with E-state index in [1.54, 1.807) is 0 Å². The van der Waals surface area contributed by atoms with Gasteiger partial charge in [-0.25, -0.2) is 0 Å². The number of pyridine rings is 1. The number of carboxylic acids is 1. The van der Waals surface area contributed by atoms with Gasteiger partial charge in [-0.05, 0) is 37.5 Å². The lowest BCUT2D eigenvalue weighted by molar-refractivity contribution is -0.141. The monoisotopic (exact) mass is 243 g/mol. The molecule has 1 aromatic heterocycles. The third-order valence-corrected chi connectivity index (χ3v) is 3.24. The normalized spacial score (nSPS) is 12.6. The Hall–Kier alpha value is -1.90. The molecule has 1 heterocycles. The van der Waals surface area contributed by atoms with Crippen LogP contribution >= 0.6 is 0 Å². The minimum atomic E-state index is -0.726. The fraction of sp³-hybridized carbons (Fsp3) is 0.333. The van der Waals surface area contributed by atoms with Crippen molar-refractivity contribution in [2.45, 2.75) is 26.7 Å². The smallest absolute Gasteiger partial charge is 0.306 e. The second-order valence-corrected chi connectivity index (χ2v) is 4.59. The lowest BCUT2D eigenvalue weighted by Gasteiger charge is -2.12. The average molecular weight is 243 g/mol. The number of aliphatic carboxylic acids is 1. The first-order valence-electron chi connectivity index (χ1n) is 6.20. The lowest BCUT2D eigenvalue weighted by atomic mass is 9.94. The number of hydrogen-bond acceptors (Lipinski definition) is 2. The van der Waals surface area contributed by atoms with Crippen LogP contribution < -0.4 is 0 Å². The zero-order valence-electron chi connectivity index (χ0n) is 10.7. The molecule has 0 spiro atoms. The van der Waals surface area contributed by atoms with E-state index in [4.69, 9.17) is 5.11 Å². The van der Waals surface area contributed by atoms with Crippen molar-refractivity contribution in [1.29, 1.82) is 0 Å². The van der Waals surface area contributed by atoms with Gasteiger partial charge in [0.1, 0.15) is 0 Å². The summed E-state index contributed by atoms with van der Waals surface area (Å²) in [4.78, 5) is 15.6. The molecule has 1 aromatic carbocycles. The largest absolute Gasteiger partial charge is 0.481 e. The molecule has 94 valence electrons. The summed E-state index contributed by atoms with van der Waals surface area (Å²) in [6.07, 6.45) is 1.21. The van der Waals surface area contributed by atoms with Crippen LogP contribution in [-0.4, -0.2) is 16.1 Å². The van der Waals surface area contributed by atoms with Gasteiger partial charge in [0.05, 0.1) is 11.4 Å². The molecule has 0 amide bonds. The van der Waals surface area contributed by atoms with E-state index in [-0.39, 0.29) is 5.92 Å². The predicted molar refractivity (Wildman–Crippen MR) is 71.6 cm³/mol. The van der Waals surface area contributed by atoms with Gasteiger partial charge in [0.25, 0.3) is 0 Å². The van der Waals surface area contributed by atoms with Gasteiger partial charge in [-0.1, -0.05) is 25.1 Å². The van der Waals surface area contributed by atoms with Crippen LogP contribution in [0.15, 0.2) is 30.3 Å². The number of carboxylic acid groups (broad SMARTS) is 1. The molecule has 0 aliphatic heterocycles. The highest BCUT2D eigenvalue weighted by Crippen LogP contribution is 2.22. The van der Waals surface area contributed by atoms with Crippen molar-refractivity contribution in [1.82, 2.24) is 4.98 Å². The fourth-order valence-corrected chi connectivity index (χ4v) is 2.24. The van der Waals surface area contributed by atoms with E-state index in [0.717, 1.165) is 22.2 Å². The Labute approximate surface area is 106 Å². The van der Waals surface area contributed by atoms with Gasteiger partial charge < -0.3 is 5.11 Å². The zero-order chi connectivity index (χ0) is 13.1. The minimum Gasteiger partial charge on any atom is -0.481 e. The Morgan fingerprint density at radius 1 is 1.39 bits per heavy atom. The maximum absolute atomic E-state index is 11.1. The molecule has 3 heteroatoms. The van der Waals surface area contributed by atoms with Crippen LogP contribution in [0.25, 0.3) is 10.9 Å². The summed E-state index contributed by atoms with van der Waals surface area (Å²) < 4.78 is 0. The average Bonchev–Trinajstić information content (AvgIpc) is 2.35. The van der Waals surface area contributed by atoms with Crippen molar-refractivity contribution in [3.05, 3.63) is 41.6 Å². The fourth-order valence-electron chi connectivity index (χ4n) is 2.24. The van der Waals surface area contributed by atoms with Crippen LogP contribution in [0.4, 0.5) is 0 Å². The van der Waals surface area contributed by atoms with Crippen LogP contribution in [0.5, 0.6) is 0 Å². The Bertz CT molecular complexity index is 578. The number of nitrogens with zero attached hydrogens (tertiary/aromatic N) is 1. The third kappa shape index (κ3) is 2.50. The van der Waals surface area contributed by atoms with Gasteiger partial charge in [0, 0.05) is 11.1 Å². The topological polar surface area (TPSA) is 50.2 Å². The predicted octanol–water partition coefficient (Wildman–Crippen LogP) is 3.20. The van der Waals surface area contributed by atoms with Gasteiger partial charge in [-0.3, -0.25) is 9.78 Å². The SMILES string of the molecule is CCC(Cc1cc(C)nc2ccccc12)C(=O)O. The summed E-state index contributed by atoms with van der Waals surface area (Å²) in [5.74, 6) is -1.05. The van der Waals surface area contributed by atoms with Crippen molar-refractivity contribution in [2.75, 3.05) is 0 Å². The molecule has 0 saturated carbocycles. The molecule has 1 N–H and O–H groups in total. The molecule has 2 aromatic rings. The Morgan fingerprint density at radius 2 is 2.11 bits per heavy atom. The summed E-state index contributed by atoms with van der Waals surface area (Å²) in [6, 6.07) is 9.88. The van der Waals surface area contributed by atoms with Crippen molar-refractivity contribution in [3.8, 4) is 0 Å². The molecule has 1 atom stereocenters. The maximum Gasteiger partial charge on any atom is 0.306 e. The van der Waals surface area contributed by atoms with Gasteiger partial charge in [0.2, 0.25) is 0 Å². The van der Waals surface area contributed by atoms with Crippen LogP contribution in [0.3, 0.4) is 0 Å². The number of benzene rings is 1. The first-order chi connectivity index (χ1) is 8.61. The number of hydrogen-bond donors (Lipinski definition) is 1. The zero-order valence-corrected chi connectivity index (χ0v) is 10.7. The van der Waals surface area contributed by atoms with E-state index in [9.17, 15) is 4.79 Å². The molecule has 0 saturated heterocycles. The molecule has 1 unspecified atom stereocenters. The molecular formula is C15H17NO2. The van der Waals surface area contributed by atoms with E-state index in [0.29, 0.717) is 12.8 Å². The minimum absolute atomic E-state index is 0.324. The van der Waals surface area contributed by atoms with Crippen molar-refractivity contribution >= 4 is 16.9 Å². The van der Waals surface area contributed by atoms with Crippen LogP contribution in [-0.2, 0) is 11.2 Å². The summed E-state index contributed by atoms with van der Waals surface area (Å²) >= 11 is 0. The molecule has 0 radical (unpaired) electrons. The molecule has 0 bridgehead atoms. The Kier molecular flexibility index (Phi) is 3.60. The summed E-state index contributed by atoms with van der Waals surface area (Å²) in [5, 5.41) is 10.2. The Balaban J connectivity index is 2.46. The number of rotatable bonds is 4. The molecule has 18 heavy (non-hydrogen) atoms. The van der Waals surface area contributed by atoms with E-state index < -0.39 is 5.97 Å². The van der Waals surface area contributed by atoms with Crippen LogP contribution in [0.2, 0.25) is 0 Å². The standard InChI is InChI=1S/C15H17NO2/c1-3-11(15(17)18)9-12-8-10(2)16-14-7-5-4-6-13(12)14/h4-8,11H,3,9H2,1-2H3,(H,17,18). The number of fused-ring (bicyclic) bond motifs is 1. The van der Waals surface area contributed by atoms with Crippen LogP contribution in [0.1, 0.15) is 24.6 Å². The quantitative estimate of drug-likeness (QED) is 0.897. The van der Waals surface area contributed by atoms with E-state index in [2.05, 4.69) is 4.98 Å². The Morgan fingerprint density at radius 3 is 2.78 bits per heavy atom. The van der Waals surface area contributed by atoms with E-state index in [1.807, 2.05) is 44.2 Å². The van der Waals surface area contributed by atoms with Gasteiger partial charge in [-0.2, -0.15) is 0 Å². The first kappa shape index (κ1) is 12.6. The van der Waals surface area contributed by atoms with Gasteiger partial charge >= 0.3 is 5.97 Å². The lowest BCUT2D eigenvalue weighted by Crippen LogP contribution is -2.15. The number of aryl methyl sites for hydroxylation is 1. The number of aromatic nitrogens is 1. The second-order valence-electron chi connectivity index (χ2n) is 4.59. The van der Waals surface area contributed by atoms with Crippen LogP contribution in [0, 0.1) is 12.8 Å². The van der Waals surface area contributed by atoms with Gasteiger partial charge in [0.15, 0.2) is 0 Å². The molecule has 0 aliphatic rings. The third-order valence-electron chi connectivity index (χ3n) is 3.24. The molecule has 0 fully saturated rings. The number of carbonyl (C=O) groups is 1. The number of para-hydroxylation sites is 1. The maximum atomic E-state index is 11.1. The second kappa shape index (κ2) is 5.17. The van der Waals surface area contributed by atoms with Crippen molar-refractivity contribution in [2.24, 2.45) is 5.92 Å². The summed E-state index contributed by atoms with van der Waals surface area (Å²) in [6.45, 7) is 3.85. The highest BCUT2D eigenvalue weighted by Gasteiger charge is 2.17. The van der Waals surface area contributed by atoms with E-state index in [1.165, 1.54) is 0 Å². The summed E-state index contributed by atoms with van der Waals surface area (Å²) in [5.41, 5.74) is 2.95. The van der Waals surface area contributed by atoms with Gasteiger partial charge in [-0.15, -0.1) is 0 Å². The first-order valence-corrected chi connectivity index (χ1v) is 6.20. The van der Waals surface area contributed by atoms with Crippen molar-refractivity contribution < 1.29 is 9.90 Å². The highest BCUT2D eigenvalue weighted by molar-refractivity contribution is 5.83. The molecule has 0 aliphatic carbocycles. The molecule has 2 rings (SSSR count). The van der Waals surface area contributed by atoms with E-state index >= 15 is 0 Å². The highest BCUT2D eigenvalue weighted by atomic mass is 16.4. The molecular weight excluding hydrogens is 226 g/mol. The summed E-state index contributed by atoms with van der Waals surface area (Å²) in [7, 11) is 0. The molecule has 3 nitrogen and oxygen atoms in total.